The second-order valence-electron chi connectivity index (χ2n) is 6.93. The first-order valence-electron chi connectivity index (χ1n) is 9.28. The SMILES string of the molecule is C[C@H](NC(=O)C1CCN(S(=O)(=O)c2ccccc2C#N)CC1)c1ccccc1. The molecule has 0 spiro atoms. The van der Waals surface area contributed by atoms with Gasteiger partial charge in [-0.25, -0.2) is 8.42 Å². The minimum atomic E-state index is -3.74. The van der Waals surface area contributed by atoms with Gasteiger partial charge in [0.05, 0.1) is 16.5 Å². The quantitative estimate of drug-likeness (QED) is 0.840. The first-order chi connectivity index (χ1) is 13.4. The van der Waals surface area contributed by atoms with E-state index in [1.807, 2.05) is 43.3 Å². The molecule has 1 saturated heterocycles. The van der Waals surface area contributed by atoms with Crippen LogP contribution in [0, 0.1) is 17.2 Å². The summed E-state index contributed by atoms with van der Waals surface area (Å²) in [6, 6.07) is 17.8. The zero-order valence-electron chi connectivity index (χ0n) is 15.7. The van der Waals surface area contributed by atoms with Gasteiger partial charge in [0.2, 0.25) is 15.9 Å². The molecule has 1 atom stereocenters. The highest BCUT2D eigenvalue weighted by molar-refractivity contribution is 7.89. The molecule has 1 aliphatic heterocycles. The number of amides is 1. The van der Waals surface area contributed by atoms with Crippen molar-refractivity contribution in [3.05, 3.63) is 65.7 Å². The molecule has 7 heteroatoms. The maximum Gasteiger partial charge on any atom is 0.244 e. The monoisotopic (exact) mass is 397 g/mol. The molecule has 3 rings (SSSR count). The standard InChI is InChI=1S/C21H23N3O3S/c1-16(17-7-3-2-4-8-17)23-21(25)18-11-13-24(14-12-18)28(26,27)20-10-6-5-9-19(20)15-22/h2-10,16,18H,11-14H2,1H3,(H,23,25)/t16-/m0/s1. The maximum atomic E-state index is 12.9. The van der Waals surface area contributed by atoms with Gasteiger partial charge < -0.3 is 5.32 Å². The van der Waals surface area contributed by atoms with Crippen LogP contribution in [-0.4, -0.2) is 31.7 Å². The number of carbonyl (C=O) groups excluding carboxylic acids is 1. The molecule has 6 nitrogen and oxygen atoms in total. The van der Waals surface area contributed by atoms with E-state index in [4.69, 9.17) is 0 Å². The molecule has 0 bridgehead atoms. The Hall–Kier alpha value is -2.69. The largest absolute Gasteiger partial charge is 0.349 e. The molecule has 1 fully saturated rings. The number of nitrogens with zero attached hydrogens (tertiary/aromatic N) is 2. The summed E-state index contributed by atoms with van der Waals surface area (Å²) in [5, 5.41) is 12.2. The lowest BCUT2D eigenvalue weighted by Crippen LogP contribution is -2.43. The van der Waals surface area contributed by atoms with E-state index in [2.05, 4.69) is 5.32 Å². The Balaban J connectivity index is 1.62. The summed E-state index contributed by atoms with van der Waals surface area (Å²) in [5.74, 6) is -0.269. The van der Waals surface area contributed by atoms with Crippen LogP contribution in [0.3, 0.4) is 0 Å². The van der Waals surface area contributed by atoms with Gasteiger partial charge in [-0.15, -0.1) is 0 Å². The van der Waals surface area contributed by atoms with E-state index >= 15 is 0 Å². The van der Waals surface area contributed by atoms with Crippen LogP contribution in [0.2, 0.25) is 0 Å². The molecule has 0 radical (unpaired) electrons. The van der Waals surface area contributed by atoms with Crippen LogP contribution < -0.4 is 5.32 Å². The van der Waals surface area contributed by atoms with Crippen LogP contribution in [0.25, 0.3) is 0 Å². The zero-order valence-corrected chi connectivity index (χ0v) is 16.5. The summed E-state index contributed by atoms with van der Waals surface area (Å²) >= 11 is 0. The number of sulfonamides is 1. The Morgan fingerprint density at radius 3 is 2.36 bits per heavy atom. The smallest absolute Gasteiger partial charge is 0.244 e. The van der Waals surface area contributed by atoms with Gasteiger partial charge in [0.15, 0.2) is 0 Å². The second-order valence-corrected chi connectivity index (χ2v) is 8.83. The van der Waals surface area contributed by atoms with Crippen molar-refractivity contribution < 1.29 is 13.2 Å². The van der Waals surface area contributed by atoms with Gasteiger partial charge >= 0.3 is 0 Å². The molecule has 2 aromatic carbocycles. The van der Waals surface area contributed by atoms with E-state index in [-0.39, 0.29) is 41.4 Å². The fourth-order valence-corrected chi connectivity index (χ4v) is 5.05. The summed E-state index contributed by atoms with van der Waals surface area (Å²) in [6.45, 7) is 2.46. The van der Waals surface area contributed by atoms with Crippen molar-refractivity contribution in [1.82, 2.24) is 9.62 Å². The first-order valence-corrected chi connectivity index (χ1v) is 10.7. The molecule has 0 aromatic heterocycles. The van der Waals surface area contributed by atoms with Crippen molar-refractivity contribution >= 4 is 15.9 Å². The summed E-state index contributed by atoms with van der Waals surface area (Å²) in [6.07, 6.45) is 0.919. The number of rotatable bonds is 5. The molecule has 1 heterocycles. The fraction of sp³-hybridized carbons (Fsp3) is 0.333. The number of benzene rings is 2. The van der Waals surface area contributed by atoms with E-state index in [1.54, 1.807) is 12.1 Å². The molecular formula is C21H23N3O3S. The lowest BCUT2D eigenvalue weighted by Gasteiger charge is -2.31. The number of carbonyl (C=O) groups is 1. The topological polar surface area (TPSA) is 90.3 Å². The highest BCUT2D eigenvalue weighted by Crippen LogP contribution is 2.26. The third kappa shape index (κ3) is 4.24. The maximum absolute atomic E-state index is 12.9. The summed E-state index contributed by atoms with van der Waals surface area (Å²) in [7, 11) is -3.74. The number of nitrogens with one attached hydrogen (secondary N) is 1. The highest BCUT2D eigenvalue weighted by atomic mass is 32.2. The third-order valence-corrected chi connectivity index (χ3v) is 7.07. The zero-order chi connectivity index (χ0) is 20.1. The second kappa shape index (κ2) is 8.55. The number of hydrogen-bond donors (Lipinski definition) is 1. The molecule has 1 N–H and O–H groups in total. The van der Waals surface area contributed by atoms with Crippen molar-refractivity contribution in [3.8, 4) is 6.07 Å². The van der Waals surface area contributed by atoms with Gasteiger partial charge in [-0.05, 0) is 37.5 Å². The Labute approximate surface area is 165 Å². The Morgan fingerprint density at radius 2 is 1.71 bits per heavy atom. The molecule has 0 unspecified atom stereocenters. The van der Waals surface area contributed by atoms with Gasteiger partial charge in [0, 0.05) is 19.0 Å². The molecule has 1 aliphatic rings. The molecule has 146 valence electrons. The van der Waals surface area contributed by atoms with Crippen LogP contribution in [0.4, 0.5) is 0 Å². The highest BCUT2D eigenvalue weighted by Gasteiger charge is 2.33. The van der Waals surface area contributed by atoms with Crippen LogP contribution >= 0.6 is 0 Å². The van der Waals surface area contributed by atoms with Gasteiger partial charge in [-0.3, -0.25) is 4.79 Å². The Kier molecular flexibility index (Phi) is 6.12. The van der Waals surface area contributed by atoms with Crippen molar-refractivity contribution in [3.63, 3.8) is 0 Å². The number of hydrogen-bond acceptors (Lipinski definition) is 4. The third-order valence-electron chi connectivity index (χ3n) is 5.11. The first kappa shape index (κ1) is 20.1. The fourth-order valence-electron chi connectivity index (χ4n) is 3.44. The minimum Gasteiger partial charge on any atom is -0.349 e. The predicted octanol–water partition coefficient (Wildman–Crippen LogP) is 2.84. The summed E-state index contributed by atoms with van der Waals surface area (Å²) in [4.78, 5) is 12.6. The number of nitriles is 1. The van der Waals surface area contributed by atoms with Crippen LogP contribution in [0.15, 0.2) is 59.5 Å². The predicted molar refractivity (Wildman–Crippen MR) is 106 cm³/mol. The summed E-state index contributed by atoms with van der Waals surface area (Å²) < 4.78 is 27.1. The lowest BCUT2D eigenvalue weighted by molar-refractivity contribution is -0.126. The summed E-state index contributed by atoms with van der Waals surface area (Å²) in [5.41, 5.74) is 1.17. The lowest BCUT2D eigenvalue weighted by atomic mass is 9.96. The van der Waals surface area contributed by atoms with E-state index in [0.29, 0.717) is 12.8 Å². The van der Waals surface area contributed by atoms with Crippen LogP contribution in [0.5, 0.6) is 0 Å². The number of piperidine rings is 1. The molecular weight excluding hydrogens is 374 g/mol. The van der Waals surface area contributed by atoms with E-state index in [0.717, 1.165) is 5.56 Å². The van der Waals surface area contributed by atoms with Crippen molar-refractivity contribution in [1.29, 1.82) is 5.26 Å². The Morgan fingerprint density at radius 1 is 1.11 bits per heavy atom. The van der Waals surface area contributed by atoms with Gasteiger partial charge in [0.1, 0.15) is 6.07 Å². The Bertz CT molecular complexity index is 975. The van der Waals surface area contributed by atoms with Crippen molar-refractivity contribution in [2.45, 2.75) is 30.7 Å². The van der Waals surface area contributed by atoms with Crippen molar-refractivity contribution in [2.75, 3.05) is 13.1 Å². The van der Waals surface area contributed by atoms with Crippen LogP contribution in [0.1, 0.15) is 36.9 Å². The van der Waals surface area contributed by atoms with Gasteiger partial charge in [0.25, 0.3) is 0 Å². The average Bonchev–Trinajstić information content (AvgIpc) is 2.74. The van der Waals surface area contributed by atoms with E-state index in [9.17, 15) is 18.5 Å². The van der Waals surface area contributed by atoms with Gasteiger partial charge in [-0.2, -0.15) is 9.57 Å². The van der Waals surface area contributed by atoms with Crippen LogP contribution in [-0.2, 0) is 14.8 Å². The van der Waals surface area contributed by atoms with E-state index in [1.165, 1.54) is 16.4 Å². The molecule has 0 aliphatic carbocycles. The van der Waals surface area contributed by atoms with Gasteiger partial charge in [-0.1, -0.05) is 42.5 Å². The molecule has 1 amide bonds. The van der Waals surface area contributed by atoms with Crippen molar-refractivity contribution in [2.24, 2.45) is 5.92 Å². The van der Waals surface area contributed by atoms with E-state index < -0.39 is 10.0 Å². The average molecular weight is 398 g/mol. The normalized spacial score (nSPS) is 16.9. The molecule has 2 aromatic rings. The molecule has 28 heavy (non-hydrogen) atoms. The minimum absolute atomic E-state index is 0.0260. The molecule has 0 saturated carbocycles.